The Morgan fingerprint density at radius 3 is 2.31 bits per heavy atom. The van der Waals surface area contributed by atoms with Gasteiger partial charge < -0.3 is 4.74 Å². The minimum atomic E-state index is -3.29. The molecule has 0 saturated carbocycles. The molecule has 3 rings (SSSR count). The number of benzene rings is 1. The molecule has 1 atom stereocenters. The van der Waals surface area contributed by atoms with E-state index in [0.29, 0.717) is 18.5 Å². The van der Waals surface area contributed by atoms with Crippen molar-refractivity contribution in [3.8, 4) is 0 Å². The molecule has 0 spiro atoms. The van der Waals surface area contributed by atoms with E-state index in [1.54, 1.807) is 30.3 Å². The molecule has 0 fully saturated rings. The standard InChI is InChI=1S/C19H18FNO4S/c1-25-19(22)13-9-16(12-3-6-15(7-4-12)26(2,23)24)17(10-13)18-8-5-14(20)11-21-18/h3-8,11,13H,9-10H2,1-2H3. The van der Waals surface area contributed by atoms with Gasteiger partial charge >= 0.3 is 5.97 Å². The molecule has 1 aliphatic rings. The predicted molar refractivity (Wildman–Crippen MR) is 95.3 cm³/mol. The molecule has 1 unspecified atom stereocenters. The molecule has 1 aromatic heterocycles. The second kappa shape index (κ2) is 6.99. The van der Waals surface area contributed by atoms with Crippen LogP contribution in [0.5, 0.6) is 0 Å². The summed E-state index contributed by atoms with van der Waals surface area (Å²) < 4.78 is 41.3. The number of aromatic nitrogens is 1. The van der Waals surface area contributed by atoms with Crippen LogP contribution < -0.4 is 0 Å². The van der Waals surface area contributed by atoms with E-state index in [9.17, 15) is 17.6 Å². The quantitative estimate of drug-likeness (QED) is 0.768. The molecule has 5 nitrogen and oxygen atoms in total. The van der Waals surface area contributed by atoms with Crippen molar-refractivity contribution in [2.24, 2.45) is 5.92 Å². The topological polar surface area (TPSA) is 73.3 Å². The Morgan fingerprint density at radius 2 is 1.77 bits per heavy atom. The molecule has 0 radical (unpaired) electrons. The number of rotatable bonds is 4. The van der Waals surface area contributed by atoms with Gasteiger partial charge in [0, 0.05) is 6.26 Å². The van der Waals surface area contributed by atoms with E-state index in [1.165, 1.54) is 13.2 Å². The fourth-order valence-corrected chi connectivity index (χ4v) is 3.78. The molecule has 136 valence electrons. The predicted octanol–water partition coefficient (Wildman–Crippen LogP) is 3.12. The van der Waals surface area contributed by atoms with E-state index in [2.05, 4.69) is 4.98 Å². The molecule has 26 heavy (non-hydrogen) atoms. The molecule has 0 amide bonds. The highest BCUT2D eigenvalue weighted by atomic mass is 32.2. The summed E-state index contributed by atoms with van der Waals surface area (Å²) in [7, 11) is -1.94. The van der Waals surface area contributed by atoms with E-state index < -0.39 is 15.7 Å². The molecule has 2 aromatic rings. The van der Waals surface area contributed by atoms with Crippen LogP contribution in [0.2, 0.25) is 0 Å². The van der Waals surface area contributed by atoms with Crippen LogP contribution in [0.3, 0.4) is 0 Å². The molecular formula is C19H18FNO4S. The van der Waals surface area contributed by atoms with Crippen LogP contribution >= 0.6 is 0 Å². The maximum absolute atomic E-state index is 13.2. The van der Waals surface area contributed by atoms with Gasteiger partial charge in [-0.25, -0.2) is 12.8 Å². The van der Waals surface area contributed by atoms with Gasteiger partial charge in [0.05, 0.1) is 29.8 Å². The average Bonchev–Trinajstić information content (AvgIpc) is 3.06. The SMILES string of the molecule is COC(=O)C1CC(c2ccc(S(C)(=O)=O)cc2)=C(c2ccc(F)cn2)C1. The van der Waals surface area contributed by atoms with Crippen LogP contribution in [0.1, 0.15) is 24.1 Å². The van der Waals surface area contributed by atoms with Gasteiger partial charge in [-0.3, -0.25) is 9.78 Å². The zero-order valence-corrected chi connectivity index (χ0v) is 15.2. The van der Waals surface area contributed by atoms with E-state index in [-0.39, 0.29) is 16.8 Å². The van der Waals surface area contributed by atoms with Crippen LogP contribution in [0.15, 0.2) is 47.5 Å². The summed E-state index contributed by atoms with van der Waals surface area (Å²) in [5.41, 5.74) is 3.14. The number of hydrogen-bond donors (Lipinski definition) is 0. The summed E-state index contributed by atoms with van der Waals surface area (Å²) in [6.45, 7) is 0. The largest absolute Gasteiger partial charge is 0.469 e. The molecule has 1 heterocycles. The van der Waals surface area contributed by atoms with Gasteiger partial charge in [-0.1, -0.05) is 12.1 Å². The van der Waals surface area contributed by atoms with Crippen molar-refractivity contribution in [1.29, 1.82) is 0 Å². The van der Waals surface area contributed by atoms with Gasteiger partial charge in [0.2, 0.25) is 0 Å². The van der Waals surface area contributed by atoms with Crippen LogP contribution in [0.25, 0.3) is 11.1 Å². The summed E-state index contributed by atoms with van der Waals surface area (Å²) in [5, 5.41) is 0. The van der Waals surface area contributed by atoms with Crippen LogP contribution in [0.4, 0.5) is 4.39 Å². The highest BCUT2D eigenvalue weighted by molar-refractivity contribution is 7.90. The molecule has 0 N–H and O–H groups in total. The molecule has 0 saturated heterocycles. The maximum Gasteiger partial charge on any atom is 0.309 e. The van der Waals surface area contributed by atoms with E-state index in [0.717, 1.165) is 29.2 Å². The normalized spacial score (nSPS) is 17.4. The Hall–Kier alpha value is -2.54. The Bertz CT molecular complexity index is 964. The first-order chi connectivity index (χ1) is 12.3. The number of methoxy groups -OCH3 is 1. The van der Waals surface area contributed by atoms with Crippen molar-refractivity contribution >= 4 is 27.0 Å². The first kappa shape index (κ1) is 18.3. The monoisotopic (exact) mass is 375 g/mol. The van der Waals surface area contributed by atoms with Gasteiger partial charge in [0.25, 0.3) is 0 Å². The summed E-state index contributed by atoms with van der Waals surface area (Å²) >= 11 is 0. The molecule has 7 heteroatoms. The maximum atomic E-state index is 13.2. The fraction of sp³-hybridized carbons (Fsp3) is 0.263. The number of ether oxygens (including phenoxy) is 1. The Morgan fingerprint density at radius 1 is 1.12 bits per heavy atom. The van der Waals surface area contributed by atoms with Gasteiger partial charge in [-0.15, -0.1) is 0 Å². The average molecular weight is 375 g/mol. The fourth-order valence-electron chi connectivity index (χ4n) is 3.15. The number of halogens is 1. The number of pyridine rings is 1. The number of carbonyl (C=O) groups excluding carboxylic acids is 1. The van der Waals surface area contributed by atoms with Gasteiger partial charge in [0.1, 0.15) is 5.82 Å². The van der Waals surface area contributed by atoms with Crippen molar-refractivity contribution in [3.05, 3.63) is 59.7 Å². The molecule has 1 aliphatic carbocycles. The summed E-state index contributed by atoms with van der Waals surface area (Å²) in [5.74, 6) is -1.09. The van der Waals surface area contributed by atoms with Gasteiger partial charge in [0.15, 0.2) is 9.84 Å². The minimum absolute atomic E-state index is 0.228. The van der Waals surface area contributed by atoms with Crippen molar-refractivity contribution in [1.82, 2.24) is 4.98 Å². The first-order valence-corrected chi connectivity index (χ1v) is 9.91. The molecule has 1 aromatic carbocycles. The minimum Gasteiger partial charge on any atom is -0.469 e. The van der Waals surface area contributed by atoms with Crippen molar-refractivity contribution in [2.75, 3.05) is 13.4 Å². The number of nitrogens with zero attached hydrogens (tertiary/aromatic N) is 1. The smallest absolute Gasteiger partial charge is 0.309 e. The van der Waals surface area contributed by atoms with E-state index in [4.69, 9.17) is 4.74 Å². The summed E-state index contributed by atoms with van der Waals surface area (Å²) in [6, 6.07) is 9.42. The Labute approximate surface area is 151 Å². The zero-order valence-electron chi connectivity index (χ0n) is 14.4. The first-order valence-electron chi connectivity index (χ1n) is 8.02. The van der Waals surface area contributed by atoms with Crippen molar-refractivity contribution < 1.29 is 22.3 Å². The number of esters is 1. The number of carbonyl (C=O) groups is 1. The van der Waals surface area contributed by atoms with Crippen LogP contribution in [-0.2, 0) is 19.4 Å². The second-order valence-corrected chi connectivity index (χ2v) is 8.26. The Kier molecular flexibility index (Phi) is 4.91. The van der Waals surface area contributed by atoms with E-state index >= 15 is 0 Å². The lowest BCUT2D eigenvalue weighted by Gasteiger charge is -2.08. The third-order valence-electron chi connectivity index (χ3n) is 4.47. The third kappa shape index (κ3) is 3.67. The molecule has 0 bridgehead atoms. The van der Waals surface area contributed by atoms with E-state index in [1.807, 2.05) is 0 Å². The lowest BCUT2D eigenvalue weighted by molar-refractivity contribution is -0.144. The number of hydrogen-bond acceptors (Lipinski definition) is 5. The summed E-state index contributed by atoms with van der Waals surface area (Å²) in [4.78, 5) is 16.4. The van der Waals surface area contributed by atoms with Crippen LogP contribution in [0, 0.1) is 11.7 Å². The lowest BCUT2D eigenvalue weighted by Crippen LogP contribution is -2.13. The lowest BCUT2D eigenvalue weighted by atomic mass is 9.99. The zero-order chi connectivity index (χ0) is 18.9. The molecular weight excluding hydrogens is 357 g/mol. The summed E-state index contributed by atoms with van der Waals surface area (Å²) in [6.07, 6.45) is 3.18. The van der Waals surface area contributed by atoms with Crippen LogP contribution in [-0.4, -0.2) is 32.7 Å². The highest BCUT2D eigenvalue weighted by Gasteiger charge is 2.32. The highest BCUT2D eigenvalue weighted by Crippen LogP contribution is 2.43. The third-order valence-corrected chi connectivity index (χ3v) is 5.60. The van der Waals surface area contributed by atoms with Crippen molar-refractivity contribution in [2.45, 2.75) is 17.7 Å². The number of sulfone groups is 1. The van der Waals surface area contributed by atoms with Gasteiger partial charge in [-0.2, -0.15) is 0 Å². The Balaban J connectivity index is 2.04. The van der Waals surface area contributed by atoms with Gasteiger partial charge in [-0.05, 0) is 53.8 Å². The van der Waals surface area contributed by atoms with Crippen molar-refractivity contribution in [3.63, 3.8) is 0 Å². The second-order valence-electron chi connectivity index (χ2n) is 6.24. The number of allylic oxidation sites excluding steroid dienone is 2. The molecule has 0 aliphatic heterocycles.